The van der Waals surface area contributed by atoms with Crippen molar-refractivity contribution in [3.05, 3.63) is 124 Å². The van der Waals surface area contributed by atoms with Gasteiger partial charge in [-0.3, -0.25) is 10.1 Å². The fourth-order valence-corrected chi connectivity index (χ4v) is 4.11. The number of nitro groups is 1. The van der Waals surface area contributed by atoms with Gasteiger partial charge in [0.15, 0.2) is 5.76 Å². The van der Waals surface area contributed by atoms with Crippen LogP contribution in [0.25, 0.3) is 22.6 Å². The molecule has 224 valence electrons. The van der Waals surface area contributed by atoms with Gasteiger partial charge >= 0.3 is 0 Å². The number of rotatable bonds is 9. The molecule has 0 aliphatic heterocycles. The van der Waals surface area contributed by atoms with Crippen molar-refractivity contribution in [3.63, 3.8) is 0 Å². The standard InChI is InChI=1S/C30H18F4N8O3/c31-18-5-11-24(22(33)13-18)36-29-38-28(39-30(40-29)37-25-12-6-19(32)14-23(25)34)35-20-7-1-16(2-8-20)26-15-27(45-41-26)17-3-9-21(10-4-17)42(43)44/h1-15H,(H3,35,36,37,38,39,40). The molecule has 0 unspecified atom stereocenters. The topological polar surface area (TPSA) is 144 Å². The predicted molar refractivity (Wildman–Crippen MR) is 156 cm³/mol. The number of halogens is 4. The molecule has 0 spiro atoms. The van der Waals surface area contributed by atoms with Gasteiger partial charge in [0.2, 0.25) is 17.8 Å². The first-order valence-electron chi connectivity index (χ1n) is 13.0. The Bertz CT molecular complexity index is 1950. The third-order valence-electron chi connectivity index (χ3n) is 6.30. The van der Waals surface area contributed by atoms with Crippen molar-refractivity contribution in [3.8, 4) is 22.6 Å². The molecule has 6 aromatic rings. The van der Waals surface area contributed by atoms with Gasteiger partial charge in [0.25, 0.3) is 5.69 Å². The number of hydrogen-bond acceptors (Lipinski definition) is 10. The lowest BCUT2D eigenvalue weighted by molar-refractivity contribution is -0.384. The van der Waals surface area contributed by atoms with Crippen LogP contribution >= 0.6 is 0 Å². The van der Waals surface area contributed by atoms with Crippen LogP contribution in [0.3, 0.4) is 0 Å². The highest BCUT2D eigenvalue weighted by molar-refractivity contribution is 5.70. The largest absolute Gasteiger partial charge is 0.356 e. The van der Waals surface area contributed by atoms with Crippen molar-refractivity contribution in [2.24, 2.45) is 0 Å². The second-order valence-electron chi connectivity index (χ2n) is 9.39. The average Bonchev–Trinajstić information content (AvgIpc) is 3.51. The molecule has 15 heteroatoms. The van der Waals surface area contributed by atoms with Crippen LogP contribution in [0.1, 0.15) is 0 Å². The fourth-order valence-electron chi connectivity index (χ4n) is 4.11. The average molecular weight is 615 g/mol. The summed E-state index contributed by atoms with van der Waals surface area (Å²) in [7, 11) is 0. The number of nitro benzene ring substituents is 1. The number of nitrogens with one attached hydrogen (secondary N) is 3. The van der Waals surface area contributed by atoms with Crippen LogP contribution in [0, 0.1) is 33.4 Å². The van der Waals surface area contributed by atoms with E-state index in [1.807, 2.05) is 0 Å². The number of hydrogen-bond donors (Lipinski definition) is 3. The van der Waals surface area contributed by atoms with Crippen LogP contribution in [0.4, 0.5) is 58.2 Å². The van der Waals surface area contributed by atoms with Gasteiger partial charge in [-0.05, 0) is 48.5 Å². The molecule has 45 heavy (non-hydrogen) atoms. The maximum absolute atomic E-state index is 14.3. The third-order valence-corrected chi connectivity index (χ3v) is 6.30. The summed E-state index contributed by atoms with van der Waals surface area (Å²) in [4.78, 5) is 23.0. The van der Waals surface area contributed by atoms with Crippen LogP contribution in [-0.2, 0) is 0 Å². The minimum atomic E-state index is -0.899. The molecule has 0 atom stereocenters. The van der Waals surface area contributed by atoms with Gasteiger partial charge in [-0.15, -0.1) is 0 Å². The summed E-state index contributed by atoms with van der Waals surface area (Å²) >= 11 is 0. The van der Waals surface area contributed by atoms with E-state index in [1.165, 1.54) is 12.1 Å². The highest BCUT2D eigenvalue weighted by Gasteiger charge is 2.14. The summed E-state index contributed by atoms with van der Waals surface area (Å²) in [5.74, 6) is -3.30. The second-order valence-corrected chi connectivity index (χ2v) is 9.39. The highest BCUT2D eigenvalue weighted by atomic mass is 19.1. The summed E-state index contributed by atoms with van der Waals surface area (Å²) in [6.07, 6.45) is 0. The Balaban J connectivity index is 1.24. The number of benzene rings is 4. The van der Waals surface area contributed by atoms with Gasteiger partial charge in [-0.25, -0.2) is 17.6 Å². The summed E-state index contributed by atoms with van der Waals surface area (Å²) < 4.78 is 60.8. The maximum atomic E-state index is 14.3. The van der Waals surface area contributed by atoms with E-state index in [-0.39, 0.29) is 34.9 Å². The zero-order valence-electron chi connectivity index (χ0n) is 22.6. The van der Waals surface area contributed by atoms with E-state index in [1.54, 1.807) is 42.5 Å². The van der Waals surface area contributed by atoms with Crippen molar-refractivity contribution >= 4 is 40.6 Å². The molecule has 0 fully saturated rings. The van der Waals surface area contributed by atoms with Gasteiger partial charge in [-0.1, -0.05) is 17.3 Å². The Labute approximate surface area is 250 Å². The molecule has 2 aromatic heterocycles. The molecule has 2 heterocycles. The highest BCUT2D eigenvalue weighted by Crippen LogP contribution is 2.29. The molecule has 0 saturated heterocycles. The molecular formula is C30H18F4N8O3. The molecule has 0 radical (unpaired) electrons. The van der Waals surface area contributed by atoms with Crippen molar-refractivity contribution in [1.29, 1.82) is 0 Å². The monoisotopic (exact) mass is 614 g/mol. The van der Waals surface area contributed by atoms with Crippen molar-refractivity contribution < 1.29 is 27.0 Å². The normalized spacial score (nSPS) is 10.8. The van der Waals surface area contributed by atoms with E-state index < -0.39 is 28.2 Å². The Kier molecular flexibility index (Phi) is 7.71. The first-order valence-corrected chi connectivity index (χ1v) is 13.0. The fraction of sp³-hybridized carbons (Fsp3) is 0. The summed E-state index contributed by atoms with van der Waals surface area (Å²) in [6.45, 7) is 0. The van der Waals surface area contributed by atoms with Gasteiger partial charge < -0.3 is 20.5 Å². The third kappa shape index (κ3) is 6.67. The summed E-state index contributed by atoms with van der Waals surface area (Å²) in [5, 5.41) is 23.2. The lowest BCUT2D eigenvalue weighted by Gasteiger charge is -2.12. The number of aromatic nitrogens is 4. The molecule has 11 nitrogen and oxygen atoms in total. The Morgan fingerprint density at radius 3 is 1.64 bits per heavy atom. The molecule has 6 rings (SSSR count). The van der Waals surface area contributed by atoms with Crippen LogP contribution in [0.5, 0.6) is 0 Å². The summed E-state index contributed by atoms with van der Waals surface area (Å²) in [5.41, 5.74) is 2.03. The predicted octanol–water partition coefficient (Wildman–Crippen LogP) is 7.89. The van der Waals surface area contributed by atoms with E-state index in [9.17, 15) is 27.7 Å². The van der Waals surface area contributed by atoms with E-state index in [0.29, 0.717) is 40.4 Å². The van der Waals surface area contributed by atoms with Gasteiger partial charge in [0.1, 0.15) is 29.0 Å². The van der Waals surface area contributed by atoms with Crippen molar-refractivity contribution in [2.45, 2.75) is 0 Å². The molecule has 0 amide bonds. The van der Waals surface area contributed by atoms with Crippen LogP contribution in [0.2, 0.25) is 0 Å². The maximum Gasteiger partial charge on any atom is 0.269 e. The van der Waals surface area contributed by atoms with Gasteiger partial charge in [-0.2, -0.15) is 15.0 Å². The second kappa shape index (κ2) is 12.1. The number of nitrogens with zero attached hydrogens (tertiary/aromatic N) is 5. The Hall–Kier alpha value is -6.38. The molecular weight excluding hydrogens is 596 g/mol. The van der Waals surface area contributed by atoms with E-state index in [2.05, 4.69) is 36.1 Å². The smallest absolute Gasteiger partial charge is 0.269 e. The zero-order valence-corrected chi connectivity index (χ0v) is 22.6. The summed E-state index contributed by atoms with van der Waals surface area (Å²) in [6, 6.07) is 20.2. The zero-order chi connectivity index (χ0) is 31.5. The van der Waals surface area contributed by atoms with E-state index in [0.717, 1.165) is 24.3 Å². The van der Waals surface area contributed by atoms with Crippen molar-refractivity contribution in [2.75, 3.05) is 16.0 Å². The van der Waals surface area contributed by atoms with Gasteiger partial charge in [0.05, 0.1) is 16.3 Å². The molecule has 0 aliphatic rings. The van der Waals surface area contributed by atoms with Crippen LogP contribution in [-0.4, -0.2) is 25.0 Å². The SMILES string of the molecule is O=[N+]([O-])c1ccc(-c2cc(-c3ccc(Nc4nc(Nc5ccc(F)cc5F)nc(Nc5ccc(F)cc5F)n4)cc3)no2)cc1. The minimum Gasteiger partial charge on any atom is -0.356 e. The Morgan fingerprint density at radius 2 is 1.13 bits per heavy atom. The van der Waals surface area contributed by atoms with E-state index in [4.69, 9.17) is 4.52 Å². The van der Waals surface area contributed by atoms with Crippen LogP contribution < -0.4 is 16.0 Å². The quantitative estimate of drug-likeness (QED) is 0.0835. The van der Waals surface area contributed by atoms with Gasteiger partial charge in [0, 0.05) is 47.1 Å². The molecule has 0 aliphatic carbocycles. The number of non-ortho nitro benzene ring substituents is 1. The minimum absolute atomic E-state index is 0.0327. The molecule has 4 aromatic carbocycles. The molecule has 0 bridgehead atoms. The first-order chi connectivity index (χ1) is 21.7. The first kappa shape index (κ1) is 28.7. The Morgan fingerprint density at radius 1 is 0.622 bits per heavy atom. The molecule has 0 saturated carbocycles. The van der Waals surface area contributed by atoms with Crippen LogP contribution in [0.15, 0.2) is 95.5 Å². The van der Waals surface area contributed by atoms with Crippen molar-refractivity contribution in [1.82, 2.24) is 20.1 Å². The molecule has 3 N–H and O–H groups in total. The van der Waals surface area contributed by atoms with E-state index >= 15 is 0 Å². The lowest BCUT2D eigenvalue weighted by atomic mass is 10.1. The lowest BCUT2D eigenvalue weighted by Crippen LogP contribution is -2.08. The number of anilines is 6.